The van der Waals surface area contributed by atoms with Gasteiger partial charge in [-0.1, -0.05) is 17.7 Å². The van der Waals surface area contributed by atoms with Gasteiger partial charge in [-0.15, -0.1) is 17.9 Å². The summed E-state index contributed by atoms with van der Waals surface area (Å²) in [6, 6.07) is 13.1. The minimum absolute atomic E-state index is 0.157. The monoisotopic (exact) mass is 420 g/mol. The maximum atomic E-state index is 12.8. The van der Waals surface area contributed by atoms with Crippen molar-refractivity contribution in [2.24, 2.45) is 0 Å². The normalized spacial score (nSPS) is 11.3. The number of carbonyl (C=O) groups excluding carboxylic acids is 1. The highest BCUT2D eigenvalue weighted by Gasteiger charge is 2.22. The van der Waals surface area contributed by atoms with Gasteiger partial charge < -0.3 is 5.32 Å². The first-order valence-electron chi connectivity index (χ1n) is 8.00. The molecule has 0 saturated heterocycles. The second-order valence-corrected chi connectivity index (χ2v) is 9.25. The quantitative estimate of drug-likeness (QED) is 0.604. The van der Waals surface area contributed by atoms with Crippen molar-refractivity contribution in [1.29, 1.82) is 0 Å². The first-order valence-corrected chi connectivity index (χ1v) is 10.6. The van der Waals surface area contributed by atoms with Gasteiger partial charge in [-0.3, -0.25) is 9.10 Å². The molecule has 0 bridgehead atoms. The fourth-order valence-electron chi connectivity index (χ4n) is 2.49. The number of anilines is 1. The van der Waals surface area contributed by atoms with E-state index in [2.05, 4.69) is 11.9 Å². The van der Waals surface area contributed by atoms with Crippen LogP contribution in [0.4, 0.5) is 5.69 Å². The molecule has 0 aliphatic heterocycles. The molecule has 0 aliphatic rings. The van der Waals surface area contributed by atoms with Crippen molar-refractivity contribution in [2.75, 3.05) is 17.9 Å². The van der Waals surface area contributed by atoms with Crippen LogP contribution in [0.25, 0.3) is 10.1 Å². The van der Waals surface area contributed by atoms with Crippen LogP contribution in [0, 0.1) is 0 Å². The van der Waals surface area contributed by atoms with Gasteiger partial charge in [0.1, 0.15) is 0 Å². The summed E-state index contributed by atoms with van der Waals surface area (Å²) in [5.41, 5.74) is 0.508. The number of thiophene rings is 1. The summed E-state index contributed by atoms with van der Waals surface area (Å²) in [5, 5.41) is 4.01. The van der Waals surface area contributed by atoms with Crippen LogP contribution < -0.4 is 9.62 Å². The standard InChI is InChI=1S/C19H17ClN2O3S2/c1-3-10-21-19(23)18-12-13-11-15(6-9-17(13)26-18)22(2)27(24,25)16-7-4-14(20)5-8-16/h3-9,11-12H,1,10H2,2H3,(H,21,23). The molecular weight excluding hydrogens is 404 g/mol. The molecule has 0 radical (unpaired) electrons. The van der Waals surface area contributed by atoms with Gasteiger partial charge in [-0.25, -0.2) is 8.42 Å². The van der Waals surface area contributed by atoms with Gasteiger partial charge in [0.05, 0.1) is 15.5 Å². The smallest absolute Gasteiger partial charge is 0.264 e. The molecule has 1 aromatic heterocycles. The highest BCUT2D eigenvalue weighted by Crippen LogP contribution is 2.31. The number of carbonyl (C=O) groups is 1. The second-order valence-electron chi connectivity index (χ2n) is 5.76. The summed E-state index contributed by atoms with van der Waals surface area (Å²) in [6.45, 7) is 3.96. The third-order valence-corrected chi connectivity index (χ3v) is 7.13. The van der Waals surface area contributed by atoms with Crippen LogP contribution in [0.2, 0.25) is 5.02 Å². The van der Waals surface area contributed by atoms with Gasteiger partial charge in [-0.2, -0.15) is 0 Å². The molecule has 1 N–H and O–H groups in total. The molecule has 1 heterocycles. The van der Waals surface area contributed by atoms with E-state index in [0.29, 0.717) is 22.1 Å². The number of nitrogens with zero attached hydrogens (tertiary/aromatic N) is 1. The lowest BCUT2D eigenvalue weighted by atomic mass is 10.2. The van der Waals surface area contributed by atoms with Gasteiger partial charge in [0.15, 0.2) is 0 Å². The molecule has 27 heavy (non-hydrogen) atoms. The number of nitrogens with one attached hydrogen (secondary N) is 1. The number of hydrogen-bond acceptors (Lipinski definition) is 4. The lowest BCUT2D eigenvalue weighted by Gasteiger charge is -2.19. The van der Waals surface area contributed by atoms with Crippen LogP contribution >= 0.6 is 22.9 Å². The fraction of sp³-hybridized carbons (Fsp3) is 0.105. The highest BCUT2D eigenvalue weighted by molar-refractivity contribution is 7.92. The molecule has 0 fully saturated rings. The largest absolute Gasteiger partial charge is 0.348 e. The summed E-state index contributed by atoms with van der Waals surface area (Å²) in [4.78, 5) is 12.8. The minimum atomic E-state index is -3.71. The summed E-state index contributed by atoms with van der Waals surface area (Å²) in [7, 11) is -2.22. The predicted molar refractivity (Wildman–Crippen MR) is 111 cm³/mol. The number of halogens is 1. The van der Waals surface area contributed by atoms with E-state index in [0.717, 1.165) is 10.1 Å². The van der Waals surface area contributed by atoms with Crippen molar-refractivity contribution in [1.82, 2.24) is 5.32 Å². The zero-order chi connectivity index (χ0) is 19.6. The molecule has 0 saturated carbocycles. The number of hydrogen-bond donors (Lipinski definition) is 1. The predicted octanol–water partition coefficient (Wildman–Crippen LogP) is 4.30. The van der Waals surface area contributed by atoms with Crippen molar-refractivity contribution in [3.05, 3.63) is 71.1 Å². The number of rotatable bonds is 6. The summed E-state index contributed by atoms with van der Waals surface area (Å²) >= 11 is 7.19. The van der Waals surface area contributed by atoms with Crippen molar-refractivity contribution in [2.45, 2.75) is 4.90 Å². The highest BCUT2D eigenvalue weighted by atomic mass is 35.5. The molecule has 5 nitrogen and oxygen atoms in total. The Balaban J connectivity index is 1.93. The Kier molecular flexibility index (Phi) is 5.55. The number of sulfonamides is 1. The van der Waals surface area contributed by atoms with E-state index in [9.17, 15) is 13.2 Å². The Hall–Kier alpha value is -2.35. The van der Waals surface area contributed by atoms with Gasteiger partial charge in [-0.05, 0) is 53.9 Å². The Morgan fingerprint density at radius 3 is 2.59 bits per heavy atom. The summed E-state index contributed by atoms with van der Waals surface area (Å²) in [6.07, 6.45) is 1.61. The average molecular weight is 421 g/mol. The van der Waals surface area contributed by atoms with E-state index >= 15 is 0 Å². The third-order valence-electron chi connectivity index (χ3n) is 3.97. The first-order chi connectivity index (χ1) is 12.8. The van der Waals surface area contributed by atoms with Crippen LogP contribution in [0.5, 0.6) is 0 Å². The van der Waals surface area contributed by atoms with Crippen LogP contribution in [-0.4, -0.2) is 27.9 Å². The lowest BCUT2D eigenvalue weighted by molar-refractivity contribution is 0.0962. The minimum Gasteiger partial charge on any atom is -0.348 e. The second kappa shape index (κ2) is 7.72. The molecule has 0 aliphatic carbocycles. The van der Waals surface area contributed by atoms with Crippen LogP contribution in [-0.2, 0) is 10.0 Å². The summed E-state index contributed by atoms with van der Waals surface area (Å²) in [5.74, 6) is -0.181. The zero-order valence-electron chi connectivity index (χ0n) is 14.5. The molecule has 0 spiro atoms. The average Bonchev–Trinajstić information content (AvgIpc) is 3.09. The van der Waals surface area contributed by atoms with Gasteiger partial charge in [0.2, 0.25) is 0 Å². The number of fused-ring (bicyclic) bond motifs is 1. The van der Waals surface area contributed by atoms with Gasteiger partial charge >= 0.3 is 0 Å². The Morgan fingerprint density at radius 2 is 1.93 bits per heavy atom. The van der Waals surface area contributed by atoms with E-state index in [-0.39, 0.29) is 10.8 Å². The summed E-state index contributed by atoms with van der Waals surface area (Å²) < 4.78 is 27.8. The van der Waals surface area contributed by atoms with E-state index in [1.165, 1.54) is 34.8 Å². The van der Waals surface area contributed by atoms with Crippen LogP contribution in [0.3, 0.4) is 0 Å². The van der Waals surface area contributed by atoms with E-state index in [1.807, 2.05) is 6.07 Å². The Bertz CT molecular complexity index is 1110. The molecule has 3 rings (SSSR count). The molecule has 3 aromatic rings. The Labute approximate surface area is 166 Å². The van der Waals surface area contributed by atoms with Crippen LogP contribution in [0.15, 0.2) is 66.1 Å². The van der Waals surface area contributed by atoms with E-state index in [4.69, 9.17) is 11.6 Å². The number of benzene rings is 2. The van der Waals surface area contributed by atoms with Gasteiger partial charge in [0, 0.05) is 23.3 Å². The third kappa shape index (κ3) is 4.00. The molecule has 1 amide bonds. The lowest BCUT2D eigenvalue weighted by Crippen LogP contribution is -2.26. The van der Waals surface area contributed by atoms with Crippen molar-refractivity contribution in [3.63, 3.8) is 0 Å². The SMILES string of the molecule is C=CCNC(=O)c1cc2cc(N(C)S(=O)(=O)c3ccc(Cl)cc3)ccc2s1. The van der Waals surface area contributed by atoms with Crippen LogP contribution in [0.1, 0.15) is 9.67 Å². The van der Waals surface area contributed by atoms with E-state index in [1.54, 1.807) is 36.4 Å². The number of amides is 1. The van der Waals surface area contributed by atoms with E-state index < -0.39 is 10.0 Å². The molecule has 0 unspecified atom stereocenters. The fourth-order valence-corrected chi connectivity index (χ4v) is 4.77. The van der Waals surface area contributed by atoms with Crippen molar-refractivity contribution in [3.8, 4) is 0 Å². The molecular formula is C19H17ClN2O3S2. The first kappa shape index (κ1) is 19.4. The molecule has 8 heteroatoms. The molecule has 0 atom stereocenters. The molecule has 140 valence electrons. The van der Waals surface area contributed by atoms with Crippen molar-refractivity contribution < 1.29 is 13.2 Å². The van der Waals surface area contributed by atoms with Crippen molar-refractivity contribution >= 4 is 54.6 Å². The topological polar surface area (TPSA) is 66.5 Å². The van der Waals surface area contributed by atoms with Gasteiger partial charge in [0.25, 0.3) is 15.9 Å². The zero-order valence-corrected chi connectivity index (χ0v) is 16.9. The maximum Gasteiger partial charge on any atom is 0.264 e. The maximum absolute atomic E-state index is 12.8. The Morgan fingerprint density at radius 1 is 1.22 bits per heavy atom. The molecule has 2 aromatic carbocycles.